The number of hydrogen-bond acceptors (Lipinski definition) is 4. The van der Waals surface area contributed by atoms with Gasteiger partial charge in [0.2, 0.25) is 11.8 Å². The number of rotatable bonds is 0. The van der Waals surface area contributed by atoms with E-state index >= 15 is 0 Å². The van der Waals surface area contributed by atoms with E-state index in [0.717, 1.165) is 32.6 Å². The zero-order chi connectivity index (χ0) is 13.4. The van der Waals surface area contributed by atoms with Crippen LogP contribution in [0.5, 0.6) is 0 Å². The van der Waals surface area contributed by atoms with Crippen molar-refractivity contribution in [1.82, 2.24) is 21.3 Å². The fourth-order valence-corrected chi connectivity index (χ4v) is 1.66. The number of amides is 2. The topological polar surface area (TPSA) is 82.3 Å². The summed E-state index contributed by atoms with van der Waals surface area (Å²) in [6, 6.07) is 0. The van der Waals surface area contributed by atoms with E-state index in [4.69, 9.17) is 0 Å². The highest BCUT2D eigenvalue weighted by atomic mass is 16.2. The summed E-state index contributed by atoms with van der Waals surface area (Å²) in [6.45, 7) is 7.69. The van der Waals surface area contributed by atoms with Gasteiger partial charge in [-0.3, -0.25) is 9.59 Å². The summed E-state index contributed by atoms with van der Waals surface area (Å²) < 4.78 is 0. The standard InChI is InChI=1S/C12H24N4O2/c1-12(2)10(17)15-8-6-13-4-3-5-14-7-9-16-11(12)18/h13-14H,3-9H2,1-2H3,(H,15,17)(H,16,18). The molecule has 1 rings (SSSR count). The van der Waals surface area contributed by atoms with Crippen molar-refractivity contribution < 1.29 is 9.59 Å². The van der Waals surface area contributed by atoms with Gasteiger partial charge in [-0.05, 0) is 33.4 Å². The van der Waals surface area contributed by atoms with Gasteiger partial charge in [0.15, 0.2) is 0 Å². The van der Waals surface area contributed by atoms with E-state index in [-0.39, 0.29) is 11.8 Å². The molecule has 1 aliphatic heterocycles. The molecule has 1 aliphatic rings. The Labute approximate surface area is 108 Å². The molecule has 6 nitrogen and oxygen atoms in total. The Morgan fingerprint density at radius 2 is 1.22 bits per heavy atom. The second-order valence-corrected chi connectivity index (χ2v) is 4.99. The van der Waals surface area contributed by atoms with Crippen LogP contribution < -0.4 is 21.3 Å². The Hall–Kier alpha value is -1.14. The molecule has 0 spiro atoms. The molecule has 0 aromatic heterocycles. The Morgan fingerprint density at radius 3 is 1.67 bits per heavy atom. The van der Waals surface area contributed by atoms with Gasteiger partial charge >= 0.3 is 0 Å². The zero-order valence-electron chi connectivity index (χ0n) is 11.3. The van der Waals surface area contributed by atoms with E-state index in [1.54, 1.807) is 13.8 Å². The summed E-state index contributed by atoms with van der Waals surface area (Å²) in [6.07, 6.45) is 1.04. The summed E-state index contributed by atoms with van der Waals surface area (Å²) in [5.41, 5.74) is -1.02. The second kappa shape index (κ2) is 7.33. The molecule has 0 bridgehead atoms. The van der Waals surface area contributed by atoms with E-state index in [9.17, 15) is 9.59 Å². The quantitative estimate of drug-likeness (QED) is 0.412. The minimum atomic E-state index is -1.02. The molecular weight excluding hydrogens is 232 g/mol. The SMILES string of the molecule is CC1(C)C(=O)NCCNCCCNCCNC1=O. The number of carbonyl (C=O) groups is 2. The van der Waals surface area contributed by atoms with Crippen molar-refractivity contribution in [3.05, 3.63) is 0 Å². The molecule has 4 N–H and O–H groups in total. The highest BCUT2D eigenvalue weighted by molar-refractivity contribution is 6.04. The lowest BCUT2D eigenvalue weighted by atomic mass is 9.91. The third-order valence-corrected chi connectivity index (χ3v) is 3.02. The van der Waals surface area contributed by atoms with Gasteiger partial charge in [0.05, 0.1) is 0 Å². The molecule has 1 saturated heterocycles. The zero-order valence-corrected chi connectivity index (χ0v) is 11.3. The van der Waals surface area contributed by atoms with Gasteiger partial charge in [-0.1, -0.05) is 0 Å². The predicted octanol–water partition coefficient (Wildman–Crippen LogP) is -1.17. The average molecular weight is 256 g/mol. The van der Waals surface area contributed by atoms with Gasteiger partial charge in [-0.2, -0.15) is 0 Å². The molecule has 1 heterocycles. The van der Waals surface area contributed by atoms with Crippen molar-refractivity contribution in [2.24, 2.45) is 5.41 Å². The van der Waals surface area contributed by atoms with Crippen LogP contribution in [-0.4, -0.2) is 51.1 Å². The summed E-state index contributed by atoms with van der Waals surface area (Å²) in [7, 11) is 0. The van der Waals surface area contributed by atoms with Crippen LogP contribution in [0.15, 0.2) is 0 Å². The summed E-state index contributed by atoms with van der Waals surface area (Å²) >= 11 is 0. The number of hydrogen-bond donors (Lipinski definition) is 4. The van der Waals surface area contributed by atoms with Crippen molar-refractivity contribution in [2.75, 3.05) is 39.3 Å². The monoisotopic (exact) mass is 256 g/mol. The van der Waals surface area contributed by atoms with Gasteiger partial charge < -0.3 is 21.3 Å². The maximum atomic E-state index is 11.9. The van der Waals surface area contributed by atoms with Crippen LogP contribution in [0.1, 0.15) is 20.3 Å². The minimum absolute atomic E-state index is 0.230. The molecule has 1 fully saturated rings. The fraction of sp³-hybridized carbons (Fsp3) is 0.833. The van der Waals surface area contributed by atoms with Crippen molar-refractivity contribution >= 4 is 11.8 Å². The first kappa shape index (κ1) is 14.9. The van der Waals surface area contributed by atoms with E-state index < -0.39 is 5.41 Å². The third kappa shape index (κ3) is 4.62. The predicted molar refractivity (Wildman–Crippen MR) is 70.2 cm³/mol. The Kier molecular flexibility index (Phi) is 6.07. The van der Waals surface area contributed by atoms with Crippen LogP contribution in [0.3, 0.4) is 0 Å². The van der Waals surface area contributed by atoms with Gasteiger partial charge in [-0.15, -0.1) is 0 Å². The molecule has 0 saturated carbocycles. The van der Waals surface area contributed by atoms with Gasteiger partial charge in [-0.25, -0.2) is 0 Å². The minimum Gasteiger partial charge on any atom is -0.354 e. The first-order valence-corrected chi connectivity index (χ1v) is 6.53. The molecule has 2 amide bonds. The molecule has 0 aromatic rings. The largest absolute Gasteiger partial charge is 0.354 e. The van der Waals surface area contributed by atoms with Crippen LogP contribution in [0.25, 0.3) is 0 Å². The van der Waals surface area contributed by atoms with Crippen LogP contribution >= 0.6 is 0 Å². The first-order chi connectivity index (χ1) is 8.55. The lowest BCUT2D eigenvalue weighted by Crippen LogP contribution is -2.50. The first-order valence-electron chi connectivity index (χ1n) is 6.53. The van der Waals surface area contributed by atoms with Crippen molar-refractivity contribution in [3.8, 4) is 0 Å². The Balaban J connectivity index is 2.53. The van der Waals surface area contributed by atoms with E-state index in [2.05, 4.69) is 21.3 Å². The Bertz CT molecular complexity index is 266. The average Bonchev–Trinajstić information content (AvgIpc) is 2.34. The van der Waals surface area contributed by atoms with Crippen LogP contribution in [-0.2, 0) is 9.59 Å². The molecular formula is C12H24N4O2. The molecule has 0 aromatic carbocycles. The van der Waals surface area contributed by atoms with Gasteiger partial charge in [0.1, 0.15) is 5.41 Å². The fourth-order valence-electron chi connectivity index (χ4n) is 1.66. The molecule has 18 heavy (non-hydrogen) atoms. The van der Waals surface area contributed by atoms with Crippen molar-refractivity contribution in [2.45, 2.75) is 20.3 Å². The van der Waals surface area contributed by atoms with Crippen molar-refractivity contribution in [3.63, 3.8) is 0 Å². The van der Waals surface area contributed by atoms with E-state index in [1.807, 2.05) is 0 Å². The molecule has 6 heteroatoms. The molecule has 0 unspecified atom stereocenters. The summed E-state index contributed by atoms with van der Waals surface area (Å²) in [5, 5.41) is 12.0. The Morgan fingerprint density at radius 1 is 0.778 bits per heavy atom. The van der Waals surface area contributed by atoms with Crippen LogP contribution in [0.2, 0.25) is 0 Å². The number of carbonyl (C=O) groups excluding carboxylic acids is 2. The summed E-state index contributed by atoms with van der Waals surface area (Å²) in [4.78, 5) is 23.8. The molecule has 0 aliphatic carbocycles. The summed E-state index contributed by atoms with van der Waals surface area (Å²) in [5.74, 6) is -0.460. The lowest BCUT2D eigenvalue weighted by Gasteiger charge is -2.23. The van der Waals surface area contributed by atoms with E-state index in [0.29, 0.717) is 13.1 Å². The third-order valence-electron chi connectivity index (χ3n) is 3.02. The van der Waals surface area contributed by atoms with Crippen LogP contribution in [0, 0.1) is 5.41 Å². The van der Waals surface area contributed by atoms with Crippen LogP contribution in [0.4, 0.5) is 0 Å². The normalized spacial score (nSPS) is 23.7. The van der Waals surface area contributed by atoms with Crippen molar-refractivity contribution in [1.29, 1.82) is 0 Å². The second-order valence-electron chi connectivity index (χ2n) is 4.99. The van der Waals surface area contributed by atoms with Gasteiger partial charge in [0, 0.05) is 26.2 Å². The highest BCUT2D eigenvalue weighted by Crippen LogP contribution is 2.14. The van der Waals surface area contributed by atoms with E-state index in [1.165, 1.54) is 0 Å². The lowest BCUT2D eigenvalue weighted by molar-refractivity contribution is -0.141. The van der Waals surface area contributed by atoms with Gasteiger partial charge in [0.25, 0.3) is 0 Å². The molecule has 0 radical (unpaired) electrons. The highest BCUT2D eigenvalue weighted by Gasteiger charge is 2.35. The maximum absolute atomic E-state index is 11.9. The molecule has 104 valence electrons. The number of nitrogens with one attached hydrogen (secondary N) is 4. The smallest absolute Gasteiger partial charge is 0.235 e. The maximum Gasteiger partial charge on any atom is 0.235 e. The molecule has 0 atom stereocenters.